The first-order valence-electron chi connectivity index (χ1n) is 10.2. The summed E-state index contributed by atoms with van der Waals surface area (Å²) in [6.45, 7) is 2.03. The Morgan fingerprint density at radius 3 is 2.47 bits per heavy atom. The molecule has 158 valence electrons. The van der Waals surface area contributed by atoms with Gasteiger partial charge in [-0.3, -0.25) is 14.8 Å². The van der Waals surface area contributed by atoms with Crippen molar-refractivity contribution in [3.63, 3.8) is 0 Å². The number of fused-ring (bicyclic) bond motifs is 1. The molecule has 1 aliphatic heterocycles. The second-order valence-electron chi connectivity index (χ2n) is 7.72. The summed E-state index contributed by atoms with van der Waals surface area (Å²) < 4.78 is 0. The van der Waals surface area contributed by atoms with Crippen LogP contribution in [0.1, 0.15) is 33.9 Å². The van der Waals surface area contributed by atoms with Gasteiger partial charge in [-0.2, -0.15) is 0 Å². The van der Waals surface area contributed by atoms with E-state index in [4.69, 9.17) is 4.99 Å². The number of H-pyrrole nitrogens is 3. The molecule has 0 aliphatic carbocycles. The lowest BCUT2D eigenvalue weighted by atomic mass is 9.78. The van der Waals surface area contributed by atoms with Crippen molar-refractivity contribution in [2.45, 2.75) is 12.8 Å². The molecule has 0 saturated carbocycles. The number of aromatic hydroxyl groups is 1. The fourth-order valence-corrected chi connectivity index (χ4v) is 4.06. The van der Waals surface area contributed by atoms with Crippen molar-refractivity contribution in [1.82, 2.24) is 15.0 Å². The highest BCUT2D eigenvalue weighted by Crippen LogP contribution is 2.43. The first-order chi connectivity index (χ1) is 15.5. The number of hydrogen-bond acceptors (Lipinski definition) is 4. The van der Waals surface area contributed by atoms with E-state index in [0.29, 0.717) is 5.71 Å². The molecule has 4 N–H and O–H groups in total. The van der Waals surface area contributed by atoms with Crippen molar-refractivity contribution in [3.05, 3.63) is 121 Å². The largest absolute Gasteiger partial charge is 0.494 e. The number of benzene rings is 2. The van der Waals surface area contributed by atoms with E-state index in [1.54, 1.807) is 12.3 Å². The van der Waals surface area contributed by atoms with Gasteiger partial charge < -0.3 is 10.1 Å². The molecule has 7 heteroatoms. The van der Waals surface area contributed by atoms with E-state index in [0.717, 1.165) is 33.6 Å². The first-order valence-corrected chi connectivity index (χ1v) is 10.2. The number of aliphatic imine (C=N–C) groups is 1. The minimum Gasteiger partial charge on any atom is -0.494 e. The summed E-state index contributed by atoms with van der Waals surface area (Å²) in [5, 5.41) is 10.3. The zero-order valence-corrected chi connectivity index (χ0v) is 17.2. The molecule has 0 radical (unpaired) electrons. The van der Waals surface area contributed by atoms with Crippen molar-refractivity contribution in [3.8, 4) is 5.88 Å². The first kappa shape index (κ1) is 19.6. The monoisotopic (exact) mass is 424 g/mol. The highest BCUT2D eigenvalue weighted by Gasteiger charge is 2.31. The molecule has 0 amide bonds. The lowest BCUT2D eigenvalue weighted by molar-refractivity contribution is 0.447. The van der Waals surface area contributed by atoms with Crippen molar-refractivity contribution >= 4 is 17.5 Å². The van der Waals surface area contributed by atoms with E-state index in [9.17, 15) is 14.7 Å². The number of aryl methyl sites for hydroxylation is 1. The van der Waals surface area contributed by atoms with Crippen LogP contribution in [0.5, 0.6) is 5.88 Å². The molecule has 0 spiro atoms. The fourth-order valence-electron chi connectivity index (χ4n) is 4.06. The van der Waals surface area contributed by atoms with Crippen LogP contribution < -0.4 is 11.2 Å². The molecule has 2 aromatic carbocycles. The Hall–Kier alpha value is -4.39. The standard InChI is InChI=1S/C25H20N4O3/c1-14-8-10-15(11-9-14)21-16-5-2-3-6-19(16)27-22(20-7-4-12-26-20)17(21)13-18-23(30)28-25(32)29-24(18)31/h2-13,21,26H,1H3,(H3,28,29,30,31,32)/b17-13-. The molecule has 0 fully saturated rings. The lowest BCUT2D eigenvalue weighted by Crippen LogP contribution is -2.25. The van der Waals surface area contributed by atoms with Gasteiger partial charge in [0.05, 0.1) is 17.1 Å². The van der Waals surface area contributed by atoms with E-state index in [1.165, 1.54) is 0 Å². The number of aromatic nitrogens is 3. The topological polar surface area (TPSA) is 114 Å². The van der Waals surface area contributed by atoms with Crippen LogP contribution in [0.15, 0.2) is 87.0 Å². The number of nitrogens with zero attached hydrogens (tertiary/aromatic N) is 1. The Morgan fingerprint density at radius 2 is 1.75 bits per heavy atom. The normalized spacial score (nSPS) is 16.6. The molecule has 7 nitrogen and oxygen atoms in total. The van der Waals surface area contributed by atoms with Gasteiger partial charge in [0.25, 0.3) is 5.56 Å². The molecule has 0 saturated heterocycles. The minimum atomic E-state index is -0.767. The average Bonchev–Trinajstić information content (AvgIpc) is 3.31. The number of aromatic amines is 3. The summed E-state index contributed by atoms with van der Waals surface area (Å²) >= 11 is 0. The summed E-state index contributed by atoms with van der Waals surface area (Å²) in [6, 6.07) is 19.8. The van der Waals surface area contributed by atoms with Crippen molar-refractivity contribution in [2.75, 3.05) is 0 Å². The summed E-state index contributed by atoms with van der Waals surface area (Å²) in [7, 11) is 0. The summed E-state index contributed by atoms with van der Waals surface area (Å²) in [5.41, 5.74) is 4.66. The fraction of sp³-hybridized carbons (Fsp3) is 0.0800. The molecule has 1 atom stereocenters. The Labute approximate surface area is 182 Å². The molecule has 32 heavy (non-hydrogen) atoms. The molecular weight excluding hydrogens is 404 g/mol. The van der Waals surface area contributed by atoms with Crippen LogP contribution in [0.25, 0.3) is 6.08 Å². The van der Waals surface area contributed by atoms with E-state index < -0.39 is 17.1 Å². The van der Waals surface area contributed by atoms with Crippen LogP contribution in [0, 0.1) is 6.92 Å². The SMILES string of the molecule is Cc1ccc(C2/C(=C/c3c(O)[nH]c(=O)[nH]c3=O)C(c3ccc[nH]3)=Nc3ccccc32)cc1. The Balaban J connectivity index is 1.83. The van der Waals surface area contributed by atoms with Gasteiger partial charge in [-0.1, -0.05) is 48.0 Å². The second kappa shape index (κ2) is 7.70. The third-order valence-electron chi connectivity index (χ3n) is 5.59. The number of rotatable bonds is 3. The maximum atomic E-state index is 12.5. The van der Waals surface area contributed by atoms with Gasteiger partial charge in [-0.05, 0) is 47.9 Å². The van der Waals surface area contributed by atoms with Crippen LogP contribution >= 0.6 is 0 Å². The lowest BCUT2D eigenvalue weighted by Gasteiger charge is -2.28. The predicted octanol–water partition coefficient (Wildman–Crippen LogP) is 3.76. The summed E-state index contributed by atoms with van der Waals surface area (Å²) in [4.78, 5) is 36.6. The van der Waals surface area contributed by atoms with Crippen LogP contribution in [0.3, 0.4) is 0 Å². The second-order valence-corrected chi connectivity index (χ2v) is 7.72. The van der Waals surface area contributed by atoms with Crippen LogP contribution in [-0.2, 0) is 0 Å². The van der Waals surface area contributed by atoms with Gasteiger partial charge in [-0.15, -0.1) is 0 Å². The summed E-state index contributed by atoms with van der Waals surface area (Å²) in [5.74, 6) is -0.730. The number of para-hydroxylation sites is 1. The summed E-state index contributed by atoms with van der Waals surface area (Å²) in [6.07, 6.45) is 3.41. The molecule has 3 heterocycles. The van der Waals surface area contributed by atoms with E-state index >= 15 is 0 Å². The van der Waals surface area contributed by atoms with E-state index in [-0.39, 0.29) is 11.5 Å². The molecule has 2 aromatic heterocycles. The highest BCUT2D eigenvalue weighted by atomic mass is 16.3. The molecular formula is C25H20N4O3. The quantitative estimate of drug-likeness (QED) is 0.401. The van der Waals surface area contributed by atoms with Crippen molar-refractivity contribution < 1.29 is 5.11 Å². The third-order valence-corrected chi connectivity index (χ3v) is 5.59. The van der Waals surface area contributed by atoms with E-state index in [2.05, 4.69) is 27.1 Å². The average molecular weight is 424 g/mol. The van der Waals surface area contributed by atoms with Crippen molar-refractivity contribution in [1.29, 1.82) is 0 Å². The maximum absolute atomic E-state index is 12.5. The maximum Gasteiger partial charge on any atom is 0.328 e. The smallest absolute Gasteiger partial charge is 0.328 e. The van der Waals surface area contributed by atoms with Crippen LogP contribution in [-0.4, -0.2) is 25.8 Å². The Kier molecular flexibility index (Phi) is 4.71. The highest BCUT2D eigenvalue weighted by molar-refractivity contribution is 6.17. The molecule has 0 bridgehead atoms. The predicted molar refractivity (Wildman–Crippen MR) is 124 cm³/mol. The third kappa shape index (κ3) is 3.39. The van der Waals surface area contributed by atoms with Crippen molar-refractivity contribution in [2.24, 2.45) is 4.99 Å². The number of allylic oxidation sites excluding steroid dienone is 1. The van der Waals surface area contributed by atoms with Gasteiger partial charge in [0.1, 0.15) is 5.56 Å². The molecule has 1 unspecified atom stereocenters. The van der Waals surface area contributed by atoms with Gasteiger partial charge in [0, 0.05) is 12.1 Å². The van der Waals surface area contributed by atoms with Gasteiger partial charge in [0.2, 0.25) is 5.88 Å². The van der Waals surface area contributed by atoms with E-state index in [1.807, 2.05) is 55.5 Å². The van der Waals surface area contributed by atoms with Gasteiger partial charge in [-0.25, -0.2) is 9.79 Å². The zero-order valence-electron chi connectivity index (χ0n) is 17.2. The van der Waals surface area contributed by atoms with Gasteiger partial charge in [0.15, 0.2) is 0 Å². The zero-order chi connectivity index (χ0) is 22.2. The number of hydrogen-bond donors (Lipinski definition) is 4. The molecule has 5 rings (SSSR count). The number of nitrogens with one attached hydrogen (secondary N) is 3. The van der Waals surface area contributed by atoms with Crippen LogP contribution in [0.2, 0.25) is 0 Å². The Morgan fingerprint density at radius 1 is 0.969 bits per heavy atom. The Bertz CT molecular complexity index is 1470. The molecule has 4 aromatic rings. The van der Waals surface area contributed by atoms with Gasteiger partial charge >= 0.3 is 5.69 Å². The molecule has 1 aliphatic rings. The minimum absolute atomic E-state index is 0.0321. The van der Waals surface area contributed by atoms with Crippen LogP contribution in [0.4, 0.5) is 5.69 Å².